The van der Waals surface area contributed by atoms with Crippen molar-refractivity contribution in [3.63, 3.8) is 0 Å². The van der Waals surface area contributed by atoms with E-state index in [1.165, 1.54) is 11.1 Å². The van der Waals surface area contributed by atoms with Gasteiger partial charge in [0.2, 0.25) is 0 Å². The maximum Gasteiger partial charge on any atom is 0.193 e. The molecule has 0 bridgehead atoms. The molecule has 0 spiro atoms. The standard InChI is InChI=1S/C22H22N2O/c1-23-11-13-24(14-12-23)21-16-19(15-18-9-5-6-10-20(18)21)22(25)17-7-3-2-4-8-17/h2-10,15-16H,11-14H2,1H3. The summed E-state index contributed by atoms with van der Waals surface area (Å²) in [6, 6.07) is 22.0. The number of hydrogen-bond donors (Lipinski definition) is 0. The van der Waals surface area contributed by atoms with E-state index >= 15 is 0 Å². The normalized spacial score (nSPS) is 15.5. The van der Waals surface area contributed by atoms with Crippen LogP contribution in [0.3, 0.4) is 0 Å². The van der Waals surface area contributed by atoms with Gasteiger partial charge in [-0.05, 0) is 24.6 Å². The van der Waals surface area contributed by atoms with E-state index in [0.717, 1.165) is 42.7 Å². The Hall–Kier alpha value is -2.65. The van der Waals surface area contributed by atoms with Crippen molar-refractivity contribution in [1.29, 1.82) is 0 Å². The van der Waals surface area contributed by atoms with Crippen molar-refractivity contribution in [2.45, 2.75) is 0 Å². The first-order chi connectivity index (χ1) is 12.2. The summed E-state index contributed by atoms with van der Waals surface area (Å²) >= 11 is 0. The first kappa shape index (κ1) is 15.9. The van der Waals surface area contributed by atoms with E-state index in [2.05, 4.69) is 41.1 Å². The number of ketones is 1. The van der Waals surface area contributed by atoms with Crippen LogP contribution in [0.1, 0.15) is 15.9 Å². The maximum atomic E-state index is 13.0. The zero-order valence-electron chi connectivity index (χ0n) is 14.5. The van der Waals surface area contributed by atoms with E-state index in [-0.39, 0.29) is 5.78 Å². The molecule has 4 rings (SSSR count). The van der Waals surface area contributed by atoms with Crippen LogP contribution in [0.2, 0.25) is 0 Å². The summed E-state index contributed by atoms with van der Waals surface area (Å²) in [5, 5.41) is 2.34. The smallest absolute Gasteiger partial charge is 0.193 e. The summed E-state index contributed by atoms with van der Waals surface area (Å²) in [5.74, 6) is 0.0849. The number of rotatable bonds is 3. The Labute approximate surface area is 148 Å². The molecule has 1 fully saturated rings. The Morgan fingerprint density at radius 1 is 0.800 bits per heavy atom. The summed E-state index contributed by atoms with van der Waals surface area (Å²) in [5.41, 5.74) is 2.67. The molecule has 1 aliphatic rings. The fourth-order valence-corrected chi connectivity index (χ4v) is 3.49. The van der Waals surface area contributed by atoms with Crippen LogP contribution in [0.5, 0.6) is 0 Å². The van der Waals surface area contributed by atoms with Gasteiger partial charge in [-0.2, -0.15) is 0 Å². The molecule has 1 saturated heterocycles. The van der Waals surface area contributed by atoms with Gasteiger partial charge in [0.25, 0.3) is 0 Å². The Bertz CT molecular complexity index is 896. The minimum Gasteiger partial charge on any atom is -0.368 e. The zero-order chi connectivity index (χ0) is 17.2. The van der Waals surface area contributed by atoms with Crippen molar-refractivity contribution in [2.24, 2.45) is 0 Å². The van der Waals surface area contributed by atoms with Crippen LogP contribution in [-0.2, 0) is 0 Å². The van der Waals surface area contributed by atoms with Crippen LogP contribution in [0.15, 0.2) is 66.7 Å². The molecule has 1 heterocycles. The molecule has 3 aromatic rings. The van der Waals surface area contributed by atoms with Crippen molar-refractivity contribution in [3.8, 4) is 0 Å². The van der Waals surface area contributed by atoms with E-state index in [1.54, 1.807) is 0 Å². The molecule has 25 heavy (non-hydrogen) atoms. The summed E-state index contributed by atoms with van der Waals surface area (Å²) in [4.78, 5) is 17.7. The van der Waals surface area contributed by atoms with Crippen LogP contribution in [-0.4, -0.2) is 43.9 Å². The van der Waals surface area contributed by atoms with Gasteiger partial charge in [0.1, 0.15) is 0 Å². The van der Waals surface area contributed by atoms with Crippen molar-refractivity contribution < 1.29 is 4.79 Å². The van der Waals surface area contributed by atoms with Crippen LogP contribution in [0.25, 0.3) is 10.8 Å². The van der Waals surface area contributed by atoms with Gasteiger partial charge in [0.15, 0.2) is 5.78 Å². The quantitative estimate of drug-likeness (QED) is 0.682. The van der Waals surface area contributed by atoms with Crippen molar-refractivity contribution >= 4 is 22.2 Å². The van der Waals surface area contributed by atoms with Gasteiger partial charge >= 0.3 is 0 Å². The van der Waals surface area contributed by atoms with E-state index in [4.69, 9.17) is 0 Å². The second-order valence-electron chi connectivity index (χ2n) is 6.70. The lowest BCUT2D eigenvalue weighted by atomic mass is 9.98. The minimum absolute atomic E-state index is 0.0849. The largest absolute Gasteiger partial charge is 0.368 e. The van der Waals surface area contributed by atoms with Gasteiger partial charge in [-0.25, -0.2) is 0 Å². The second-order valence-corrected chi connectivity index (χ2v) is 6.70. The highest BCUT2D eigenvalue weighted by atomic mass is 16.1. The lowest BCUT2D eigenvalue weighted by Crippen LogP contribution is -2.44. The summed E-state index contributed by atoms with van der Waals surface area (Å²) in [6.45, 7) is 4.07. The van der Waals surface area contributed by atoms with Crippen LogP contribution < -0.4 is 4.90 Å². The molecule has 0 radical (unpaired) electrons. The molecule has 0 atom stereocenters. The molecule has 3 heteroatoms. The van der Waals surface area contributed by atoms with Crippen LogP contribution >= 0.6 is 0 Å². The van der Waals surface area contributed by atoms with E-state index in [1.807, 2.05) is 42.5 Å². The number of piperazine rings is 1. The minimum atomic E-state index is 0.0849. The number of benzene rings is 3. The molecule has 0 unspecified atom stereocenters. The predicted octanol–water partition coefficient (Wildman–Crippen LogP) is 3.82. The molecule has 0 saturated carbocycles. The van der Waals surface area contributed by atoms with Gasteiger partial charge in [0.05, 0.1) is 0 Å². The second kappa shape index (κ2) is 6.69. The average molecular weight is 330 g/mol. The fourth-order valence-electron chi connectivity index (χ4n) is 3.49. The van der Waals surface area contributed by atoms with Gasteiger partial charge in [-0.1, -0.05) is 54.6 Å². The summed E-state index contributed by atoms with van der Waals surface area (Å²) in [6.07, 6.45) is 0. The third-order valence-electron chi connectivity index (χ3n) is 4.98. The first-order valence-electron chi connectivity index (χ1n) is 8.78. The van der Waals surface area contributed by atoms with Gasteiger partial charge in [0, 0.05) is 48.4 Å². The Morgan fingerprint density at radius 3 is 2.24 bits per heavy atom. The SMILES string of the molecule is CN1CCN(c2cc(C(=O)c3ccccc3)cc3ccccc23)CC1. The topological polar surface area (TPSA) is 23.6 Å². The average Bonchev–Trinajstić information content (AvgIpc) is 2.68. The Morgan fingerprint density at radius 2 is 1.48 bits per heavy atom. The first-order valence-corrected chi connectivity index (χ1v) is 8.78. The number of anilines is 1. The lowest BCUT2D eigenvalue weighted by molar-refractivity contribution is 0.103. The van der Waals surface area contributed by atoms with E-state index in [0.29, 0.717) is 0 Å². The molecule has 1 aliphatic heterocycles. The fraction of sp³-hybridized carbons (Fsp3) is 0.227. The summed E-state index contributed by atoms with van der Waals surface area (Å²) < 4.78 is 0. The highest BCUT2D eigenvalue weighted by Gasteiger charge is 2.19. The molecule has 0 aromatic heterocycles. The van der Waals surface area contributed by atoms with Gasteiger partial charge in [-0.3, -0.25) is 4.79 Å². The molecular weight excluding hydrogens is 308 g/mol. The highest BCUT2D eigenvalue weighted by Crippen LogP contribution is 2.30. The number of carbonyl (C=O) groups is 1. The number of fused-ring (bicyclic) bond motifs is 1. The van der Waals surface area contributed by atoms with Gasteiger partial charge in [-0.15, -0.1) is 0 Å². The van der Waals surface area contributed by atoms with Gasteiger partial charge < -0.3 is 9.80 Å². The molecule has 0 amide bonds. The highest BCUT2D eigenvalue weighted by molar-refractivity contribution is 6.12. The number of nitrogens with zero attached hydrogens (tertiary/aromatic N) is 2. The predicted molar refractivity (Wildman–Crippen MR) is 104 cm³/mol. The van der Waals surface area contributed by atoms with E-state index in [9.17, 15) is 4.79 Å². The molecule has 3 aromatic carbocycles. The number of carbonyl (C=O) groups excluding carboxylic acids is 1. The number of hydrogen-bond acceptors (Lipinski definition) is 3. The molecule has 0 N–H and O–H groups in total. The Kier molecular flexibility index (Phi) is 4.24. The van der Waals surface area contributed by atoms with Crippen LogP contribution in [0, 0.1) is 0 Å². The van der Waals surface area contributed by atoms with Crippen molar-refractivity contribution in [1.82, 2.24) is 4.90 Å². The Balaban J connectivity index is 1.80. The lowest BCUT2D eigenvalue weighted by Gasteiger charge is -2.35. The number of likely N-dealkylation sites (N-methyl/N-ethyl adjacent to an activating group) is 1. The third kappa shape index (κ3) is 3.15. The maximum absolute atomic E-state index is 13.0. The summed E-state index contributed by atoms with van der Waals surface area (Å²) in [7, 11) is 2.16. The van der Waals surface area contributed by atoms with Crippen LogP contribution in [0.4, 0.5) is 5.69 Å². The van der Waals surface area contributed by atoms with E-state index < -0.39 is 0 Å². The zero-order valence-corrected chi connectivity index (χ0v) is 14.5. The molecule has 3 nitrogen and oxygen atoms in total. The molecule has 126 valence electrons. The van der Waals surface area contributed by atoms with Crippen molar-refractivity contribution in [2.75, 3.05) is 38.1 Å². The van der Waals surface area contributed by atoms with Crippen molar-refractivity contribution in [3.05, 3.63) is 77.9 Å². The third-order valence-corrected chi connectivity index (χ3v) is 4.98. The molecular formula is C22H22N2O. The monoisotopic (exact) mass is 330 g/mol. The molecule has 0 aliphatic carbocycles.